The van der Waals surface area contributed by atoms with Crippen molar-refractivity contribution in [1.82, 2.24) is 10.6 Å². The molecule has 0 bridgehead atoms. The number of hydrogen-bond donors (Lipinski definition) is 2. The van der Waals surface area contributed by atoms with E-state index in [0.717, 1.165) is 43.6 Å². The van der Waals surface area contributed by atoms with Gasteiger partial charge in [0.1, 0.15) is 0 Å². The highest BCUT2D eigenvalue weighted by Gasteiger charge is 2.32. The van der Waals surface area contributed by atoms with Crippen LogP contribution < -0.4 is 15.5 Å². The van der Waals surface area contributed by atoms with Crippen LogP contribution in [0, 0.1) is 0 Å². The number of esters is 1. The molecule has 0 saturated heterocycles. The molecule has 0 unspecified atom stereocenters. The fourth-order valence-corrected chi connectivity index (χ4v) is 3.28. The van der Waals surface area contributed by atoms with Crippen LogP contribution in [-0.2, 0) is 9.53 Å². The Labute approximate surface area is 162 Å². The second-order valence-corrected chi connectivity index (χ2v) is 6.68. The lowest BCUT2D eigenvalue weighted by Gasteiger charge is -2.29. The zero-order valence-corrected chi connectivity index (χ0v) is 16.8. The summed E-state index contributed by atoms with van der Waals surface area (Å²) in [6, 6.07) is 7.14. The Morgan fingerprint density at radius 2 is 1.78 bits per heavy atom. The first-order chi connectivity index (χ1) is 13.0. The molecule has 2 N–H and O–H groups in total. The maximum Gasteiger partial charge on any atom is 0.338 e. The van der Waals surface area contributed by atoms with Crippen LogP contribution in [0.15, 0.2) is 35.5 Å². The van der Waals surface area contributed by atoms with Gasteiger partial charge in [0.15, 0.2) is 0 Å². The fraction of sp³-hybridized carbons (Fsp3) is 0.524. The van der Waals surface area contributed by atoms with Gasteiger partial charge < -0.3 is 20.3 Å². The van der Waals surface area contributed by atoms with Crippen LogP contribution in [0.2, 0.25) is 0 Å². The molecule has 0 aliphatic carbocycles. The Balaban J connectivity index is 2.22. The van der Waals surface area contributed by atoms with Crippen molar-refractivity contribution < 1.29 is 14.3 Å². The molecular weight excluding hydrogens is 342 g/mol. The van der Waals surface area contributed by atoms with Crippen molar-refractivity contribution >= 4 is 17.7 Å². The molecule has 1 aromatic rings. The van der Waals surface area contributed by atoms with Gasteiger partial charge in [-0.3, -0.25) is 0 Å². The predicted octanol–water partition coefficient (Wildman–Crippen LogP) is 3.89. The number of allylic oxidation sites excluding steroid dienone is 1. The van der Waals surface area contributed by atoms with E-state index in [1.165, 1.54) is 0 Å². The summed E-state index contributed by atoms with van der Waals surface area (Å²) in [7, 11) is 0. The standard InChI is InChI=1S/C21H31N3O3/c1-5-8-9-14-27-20(25)18-15(4)22-21(26)23-19(18)16-10-12-17(13-11-16)24(6-2)7-3/h10-13,19H,5-9,14H2,1-4H3,(H2,22,23,26)/t19-/m1/s1. The zero-order valence-electron chi connectivity index (χ0n) is 16.8. The van der Waals surface area contributed by atoms with Crippen LogP contribution in [0.25, 0.3) is 0 Å². The summed E-state index contributed by atoms with van der Waals surface area (Å²) in [4.78, 5) is 26.9. The van der Waals surface area contributed by atoms with Crippen LogP contribution in [0.4, 0.5) is 10.5 Å². The second kappa shape index (κ2) is 10.00. The number of anilines is 1. The highest BCUT2D eigenvalue weighted by Crippen LogP contribution is 2.29. The molecule has 1 aliphatic heterocycles. The van der Waals surface area contributed by atoms with E-state index < -0.39 is 6.04 Å². The largest absolute Gasteiger partial charge is 0.462 e. The maximum absolute atomic E-state index is 12.7. The molecule has 6 heteroatoms. The first-order valence-corrected chi connectivity index (χ1v) is 9.82. The molecule has 0 saturated carbocycles. The first-order valence-electron chi connectivity index (χ1n) is 9.82. The Morgan fingerprint density at radius 1 is 1.11 bits per heavy atom. The maximum atomic E-state index is 12.7. The number of hydrogen-bond acceptors (Lipinski definition) is 4. The number of unbranched alkanes of at least 4 members (excludes halogenated alkanes) is 2. The average Bonchev–Trinajstić information content (AvgIpc) is 2.66. The third kappa shape index (κ3) is 5.25. The summed E-state index contributed by atoms with van der Waals surface area (Å²) < 4.78 is 5.44. The molecule has 6 nitrogen and oxygen atoms in total. The van der Waals surface area contributed by atoms with Crippen molar-refractivity contribution in [3.05, 3.63) is 41.1 Å². The third-order valence-corrected chi connectivity index (χ3v) is 4.83. The Kier molecular flexibility index (Phi) is 7.70. The summed E-state index contributed by atoms with van der Waals surface area (Å²) in [5, 5.41) is 5.53. The van der Waals surface area contributed by atoms with E-state index >= 15 is 0 Å². The number of nitrogens with zero attached hydrogens (tertiary/aromatic N) is 1. The van der Waals surface area contributed by atoms with Gasteiger partial charge in [-0.05, 0) is 44.9 Å². The highest BCUT2D eigenvalue weighted by molar-refractivity contribution is 5.95. The van der Waals surface area contributed by atoms with Gasteiger partial charge in [-0.1, -0.05) is 31.9 Å². The van der Waals surface area contributed by atoms with Crippen LogP contribution in [0.3, 0.4) is 0 Å². The van der Waals surface area contributed by atoms with Crippen molar-refractivity contribution in [1.29, 1.82) is 0 Å². The van der Waals surface area contributed by atoms with Gasteiger partial charge in [0.25, 0.3) is 0 Å². The van der Waals surface area contributed by atoms with Gasteiger partial charge in [0.05, 0.1) is 18.2 Å². The molecule has 1 heterocycles. The van der Waals surface area contributed by atoms with Crippen LogP contribution >= 0.6 is 0 Å². The minimum Gasteiger partial charge on any atom is -0.462 e. The van der Waals surface area contributed by atoms with Gasteiger partial charge in [-0.25, -0.2) is 9.59 Å². The number of carbonyl (C=O) groups excluding carboxylic acids is 2. The molecule has 1 aromatic carbocycles. The van der Waals surface area contributed by atoms with Crippen molar-refractivity contribution in [3.8, 4) is 0 Å². The molecule has 148 valence electrons. The van der Waals surface area contributed by atoms with Gasteiger partial charge in [0, 0.05) is 24.5 Å². The lowest BCUT2D eigenvalue weighted by Crippen LogP contribution is -2.45. The summed E-state index contributed by atoms with van der Waals surface area (Å²) in [5.41, 5.74) is 2.98. The van der Waals surface area contributed by atoms with E-state index in [0.29, 0.717) is 17.9 Å². The summed E-state index contributed by atoms with van der Waals surface area (Å²) >= 11 is 0. The summed E-state index contributed by atoms with van der Waals surface area (Å²) in [6.45, 7) is 10.3. The van der Waals surface area contributed by atoms with E-state index in [1.807, 2.05) is 24.3 Å². The summed E-state index contributed by atoms with van der Waals surface area (Å²) in [6.07, 6.45) is 2.94. The minimum absolute atomic E-state index is 0.312. The van der Waals surface area contributed by atoms with E-state index in [9.17, 15) is 9.59 Å². The lowest BCUT2D eigenvalue weighted by atomic mass is 9.95. The Bertz CT molecular complexity index is 678. The lowest BCUT2D eigenvalue weighted by molar-refractivity contribution is -0.139. The molecular formula is C21H31N3O3. The van der Waals surface area contributed by atoms with Crippen molar-refractivity contribution in [3.63, 3.8) is 0 Å². The topological polar surface area (TPSA) is 70.7 Å². The molecule has 0 fully saturated rings. The number of benzene rings is 1. The molecule has 2 amide bonds. The number of carbonyl (C=O) groups is 2. The minimum atomic E-state index is -0.511. The van der Waals surface area contributed by atoms with Crippen LogP contribution in [0.1, 0.15) is 58.6 Å². The third-order valence-electron chi connectivity index (χ3n) is 4.83. The molecule has 0 spiro atoms. The SMILES string of the molecule is CCCCCOC(=O)C1=C(C)NC(=O)N[C@@H]1c1ccc(N(CC)CC)cc1. The Hall–Kier alpha value is -2.50. The van der Waals surface area contributed by atoms with Crippen molar-refractivity contribution in [2.24, 2.45) is 0 Å². The number of amides is 2. The molecule has 27 heavy (non-hydrogen) atoms. The molecule has 0 radical (unpaired) electrons. The Morgan fingerprint density at radius 3 is 2.37 bits per heavy atom. The van der Waals surface area contributed by atoms with Crippen LogP contribution in [-0.4, -0.2) is 31.7 Å². The monoisotopic (exact) mass is 373 g/mol. The zero-order chi connectivity index (χ0) is 19.8. The van der Waals surface area contributed by atoms with E-state index in [4.69, 9.17) is 4.74 Å². The van der Waals surface area contributed by atoms with Gasteiger partial charge in [-0.2, -0.15) is 0 Å². The van der Waals surface area contributed by atoms with Crippen LogP contribution in [0.5, 0.6) is 0 Å². The van der Waals surface area contributed by atoms with Crippen molar-refractivity contribution in [2.75, 3.05) is 24.6 Å². The van der Waals surface area contributed by atoms with Crippen molar-refractivity contribution in [2.45, 2.75) is 53.0 Å². The molecule has 1 atom stereocenters. The number of nitrogens with one attached hydrogen (secondary N) is 2. The molecule has 0 aromatic heterocycles. The fourth-order valence-electron chi connectivity index (χ4n) is 3.28. The highest BCUT2D eigenvalue weighted by atomic mass is 16.5. The predicted molar refractivity (Wildman–Crippen MR) is 108 cm³/mol. The van der Waals surface area contributed by atoms with Gasteiger partial charge >= 0.3 is 12.0 Å². The van der Waals surface area contributed by atoms with Gasteiger partial charge in [0.2, 0.25) is 0 Å². The number of urea groups is 1. The summed E-state index contributed by atoms with van der Waals surface area (Å²) in [5.74, 6) is -0.381. The second-order valence-electron chi connectivity index (χ2n) is 6.68. The number of ether oxygens (including phenoxy) is 1. The normalized spacial score (nSPS) is 16.6. The van der Waals surface area contributed by atoms with Gasteiger partial charge in [-0.15, -0.1) is 0 Å². The van der Waals surface area contributed by atoms with E-state index in [-0.39, 0.29) is 12.0 Å². The average molecular weight is 373 g/mol. The van der Waals surface area contributed by atoms with E-state index in [1.54, 1.807) is 6.92 Å². The first kappa shape index (κ1) is 20.8. The molecule has 1 aliphatic rings. The number of rotatable bonds is 9. The van der Waals surface area contributed by atoms with E-state index in [2.05, 4.69) is 36.3 Å². The quantitative estimate of drug-likeness (QED) is 0.509. The molecule has 2 rings (SSSR count). The smallest absolute Gasteiger partial charge is 0.338 e.